The second-order valence-corrected chi connectivity index (χ2v) is 5.59. The maximum atomic E-state index is 11.2. The minimum Gasteiger partial charge on any atom is -0.480 e. The van der Waals surface area contributed by atoms with E-state index in [0.717, 1.165) is 0 Å². The lowest BCUT2D eigenvalue weighted by Gasteiger charge is -2.10. The van der Waals surface area contributed by atoms with Crippen LogP contribution in [0.5, 0.6) is 0 Å². The Morgan fingerprint density at radius 1 is 1.29 bits per heavy atom. The fraction of sp³-hybridized carbons (Fsp3) is 0.556. The maximum Gasteiger partial charge on any atom is 0.324 e. The second kappa shape index (κ2) is 9.34. The lowest BCUT2D eigenvalue weighted by Crippen LogP contribution is -2.35. The predicted molar refractivity (Wildman–Crippen MR) is 69.7 cm³/mol. The number of hydrogen-bond acceptors (Lipinski definition) is 7. The van der Waals surface area contributed by atoms with Crippen molar-refractivity contribution < 1.29 is 19.4 Å². The van der Waals surface area contributed by atoms with E-state index in [0.29, 0.717) is 5.75 Å². The predicted octanol–water partition coefficient (Wildman–Crippen LogP) is -0.164. The van der Waals surface area contributed by atoms with Crippen LogP contribution in [0.25, 0.3) is 0 Å². The summed E-state index contributed by atoms with van der Waals surface area (Å²) in [5.41, 5.74) is 10.8. The van der Waals surface area contributed by atoms with E-state index in [-0.39, 0.29) is 12.4 Å². The zero-order chi connectivity index (χ0) is 13.3. The average Bonchev–Trinajstić information content (AvgIpc) is 2.30. The maximum absolute atomic E-state index is 11.2. The Kier molecular flexibility index (Phi) is 8.96. The molecule has 6 nitrogen and oxygen atoms in total. The normalized spacial score (nSPS) is 13.8. The number of carbonyl (C=O) groups excluding carboxylic acids is 1. The molecule has 98 valence electrons. The lowest BCUT2D eigenvalue weighted by atomic mass is 10.4. The number of hydrogen-bond donors (Lipinski definition) is 3. The lowest BCUT2D eigenvalue weighted by molar-refractivity contribution is -0.143. The Hall–Kier alpha value is -0.700. The van der Waals surface area contributed by atoms with Gasteiger partial charge in [-0.1, -0.05) is 34.2 Å². The average molecular weight is 280 g/mol. The smallest absolute Gasteiger partial charge is 0.324 e. The highest BCUT2D eigenvalue weighted by Gasteiger charge is 2.16. The molecular weight excluding hydrogens is 264 g/mol. The minimum atomic E-state index is -1.05. The molecule has 0 saturated carbocycles. The van der Waals surface area contributed by atoms with E-state index < -0.39 is 24.0 Å². The van der Waals surface area contributed by atoms with Crippen LogP contribution in [0.15, 0.2) is 12.7 Å². The number of rotatable bonds is 9. The van der Waals surface area contributed by atoms with Crippen molar-refractivity contribution in [2.24, 2.45) is 11.5 Å². The summed E-state index contributed by atoms with van der Waals surface area (Å²) in [6.07, 6.45) is 1.46. The molecule has 0 spiro atoms. The quantitative estimate of drug-likeness (QED) is 0.231. The Bertz CT molecular complexity index is 276. The molecule has 0 aromatic heterocycles. The van der Waals surface area contributed by atoms with Gasteiger partial charge in [0.05, 0.1) is 0 Å². The summed E-state index contributed by atoms with van der Waals surface area (Å²) in [7, 11) is 2.55. The van der Waals surface area contributed by atoms with Gasteiger partial charge in [0.1, 0.15) is 18.7 Å². The number of nitrogens with two attached hydrogens (primary N) is 2. The van der Waals surface area contributed by atoms with Crippen molar-refractivity contribution in [1.29, 1.82) is 0 Å². The van der Waals surface area contributed by atoms with Crippen molar-refractivity contribution in [3.8, 4) is 0 Å². The zero-order valence-corrected chi connectivity index (χ0v) is 10.8. The van der Waals surface area contributed by atoms with Gasteiger partial charge in [0.2, 0.25) is 0 Å². The molecule has 0 saturated heterocycles. The van der Waals surface area contributed by atoms with Crippen molar-refractivity contribution >= 4 is 33.5 Å². The summed E-state index contributed by atoms with van der Waals surface area (Å²) < 4.78 is 4.75. The first-order chi connectivity index (χ1) is 7.99. The first kappa shape index (κ1) is 16.3. The van der Waals surface area contributed by atoms with Gasteiger partial charge >= 0.3 is 11.9 Å². The first-order valence-electron chi connectivity index (χ1n) is 4.75. The highest BCUT2D eigenvalue weighted by Crippen LogP contribution is 2.22. The van der Waals surface area contributed by atoms with Crippen LogP contribution in [0.1, 0.15) is 0 Å². The first-order valence-corrected chi connectivity index (χ1v) is 7.23. The summed E-state index contributed by atoms with van der Waals surface area (Å²) >= 11 is 0. The minimum absolute atomic E-state index is 0.133. The van der Waals surface area contributed by atoms with Crippen LogP contribution >= 0.6 is 21.6 Å². The van der Waals surface area contributed by atoms with Gasteiger partial charge < -0.3 is 21.3 Å². The molecule has 0 heterocycles. The van der Waals surface area contributed by atoms with E-state index in [9.17, 15) is 9.59 Å². The Morgan fingerprint density at radius 2 is 1.82 bits per heavy atom. The summed E-state index contributed by atoms with van der Waals surface area (Å²) in [5, 5.41) is 8.52. The van der Waals surface area contributed by atoms with Crippen LogP contribution in [0.2, 0.25) is 0 Å². The SMILES string of the molecule is C=CCOC(=O)[C@@H](N)CSSCC(N)C(=O)O. The molecule has 0 aromatic rings. The number of carboxylic acid groups (broad SMARTS) is 1. The number of esters is 1. The Balaban J connectivity index is 3.63. The molecule has 8 heteroatoms. The van der Waals surface area contributed by atoms with Crippen LogP contribution in [0, 0.1) is 0 Å². The summed E-state index contributed by atoms with van der Waals surface area (Å²) in [6, 6.07) is -1.63. The molecule has 0 radical (unpaired) electrons. The molecule has 0 amide bonds. The molecule has 0 aliphatic heterocycles. The summed E-state index contributed by atoms with van der Waals surface area (Å²) in [6.45, 7) is 3.54. The highest BCUT2D eigenvalue weighted by atomic mass is 33.1. The molecular formula is C9H16N2O4S2. The van der Waals surface area contributed by atoms with Crippen LogP contribution < -0.4 is 11.5 Å². The molecule has 5 N–H and O–H groups in total. The second-order valence-electron chi connectivity index (χ2n) is 3.04. The van der Waals surface area contributed by atoms with E-state index >= 15 is 0 Å². The van der Waals surface area contributed by atoms with Gasteiger partial charge in [-0.05, 0) is 0 Å². The van der Waals surface area contributed by atoms with Crippen LogP contribution in [-0.4, -0.2) is 47.2 Å². The van der Waals surface area contributed by atoms with E-state index in [2.05, 4.69) is 6.58 Å². The molecule has 0 rings (SSSR count). The topological polar surface area (TPSA) is 116 Å². The number of carboxylic acids is 1. The molecule has 0 fully saturated rings. The Labute approximate surface area is 108 Å². The number of carbonyl (C=O) groups is 2. The monoisotopic (exact) mass is 280 g/mol. The van der Waals surface area contributed by atoms with Crippen molar-refractivity contribution in [2.75, 3.05) is 18.1 Å². The number of aliphatic carboxylic acids is 1. The van der Waals surface area contributed by atoms with Gasteiger partial charge in [0, 0.05) is 11.5 Å². The molecule has 0 bridgehead atoms. The van der Waals surface area contributed by atoms with Crippen molar-refractivity contribution in [3.63, 3.8) is 0 Å². The Morgan fingerprint density at radius 3 is 2.29 bits per heavy atom. The van der Waals surface area contributed by atoms with Crippen LogP contribution in [0.3, 0.4) is 0 Å². The van der Waals surface area contributed by atoms with Crippen LogP contribution in [-0.2, 0) is 14.3 Å². The molecule has 0 aliphatic carbocycles. The third-order valence-electron chi connectivity index (χ3n) is 1.54. The van der Waals surface area contributed by atoms with Crippen molar-refractivity contribution in [2.45, 2.75) is 12.1 Å². The largest absolute Gasteiger partial charge is 0.480 e. The third-order valence-corrected chi connectivity index (χ3v) is 4.02. The fourth-order valence-electron chi connectivity index (χ4n) is 0.630. The fourth-order valence-corrected chi connectivity index (χ4v) is 2.85. The van der Waals surface area contributed by atoms with Gasteiger partial charge in [0.15, 0.2) is 0 Å². The van der Waals surface area contributed by atoms with E-state index in [1.807, 2.05) is 0 Å². The van der Waals surface area contributed by atoms with Gasteiger partial charge in [-0.15, -0.1) is 0 Å². The van der Waals surface area contributed by atoms with Gasteiger partial charge in [-0.2, -0.15) is 0 Å². The van der Waals surface area contributed by atoms with Crippen LogP contribution in [0.4, 0.5) is 0 Å². The zero-order valence-electron chi connectivity index (χ0n) is 9.20. The highest BCUT2D eigenvalue weighted by molar-refractivity contribution is 8.76. The standard InChI is InChI=1S/C9H16N2O4S2/c1-2-3-15-9(14)7(11)5-17-16-4-6(10)8(12)13/h2,6-7H,1,3-5,10-11H2,(H,12,13)/t6?,7-/m0/s1. The van der Waals surface area contributed by atoms with E-state index in [4.69, 9.17) is 21.3 Å². The van der Waals surface area contributed by atoms with Gasteiger partial charge in [-0.3, -0.25) is 9.59 Å². The van der Waals surface area contributed by atoms with Gasteiger partial charge in [0.25, 0.3) is 0 Å². The number of ether oxygens (including phenoxy) is 1. The van der Waals surface area contributed by atoms with Crippen molar-refractivity contribution in [3.05, 3.63) is 12.7 Å². The molecule has 1 unspecified atom stereocenters. The summed E-state index contributed by atoms with van der Waals surface area (Å²) in [5.74, 6) is -0.949. The summed E-state index contributed by atoms with van der Waals surface area (Å²) in [4.78, 5) is 21.6. The van der Waals surface area contributed by atoms with E-state index in [1.165, 1.54) is 27.7 Å². The van der Waals surface area contributed by atoms with E-state index in [1.54, 1.807) is 0 Å². The third kappa shape index (κ3) is 8.08. The molecule has 2 atom stereocenters. The molecule has 0 aromatic carbocycles. The molecule has 0 aliphatic rings. The molecule has 17 heavy (non-hydrogen) atoms. The van der Waals surface area contributed by atoms with Gasteiger partial charge in [-0.25, -0.2) is 0 Å². The van der Waals surface area contributed by atoms with Crippen molar-refractivity contribution in [1.82, 2.24) is 0 Å².